The Hall–Kier alpha value is -1.71. The Balaban J connectivity index is 3.12. The van der Waals surface area contributed by atoms with Crippen LogP contribution in [0.4, 0.5) is 4.79 Å². The minimum Gasteiger partial charge on any atom is -0.508 e. The van der Waals surface area contributed by atoms with Crippen molar-refractivity contribution >= 4 is 6.16 Å². The van der Waals surface area contributed by atoms with Gasteiger partial charge in [0.2, 0.25) is 0 Å². The van der Waals surface area contributed by atoms with E-state index in [1.807, 2.05) is 0 Å². The van der Waals surface area contributed by atoms with Crippen LogP contribution in [0.3, 0.4) is 0 Å². The standard InChI is InChI=1S/C9H10O4/c1-5-3-7(10)6(2)8(4-5)13-9(11)12/h3-4,10H,1-2H3,(H,11,12). The fourth-order valence-corrected chi connectivity index (χ4v) is 1.01. The first-order valence-corrected chi connectivity index (χ1v) is 3.71. The van der Waals surface area contributed by atoms with Crippen molar-refractivity contribution in [3.63, 3.8) is 0 Å². The van der Waals surface area contributed by atoms with Gasteiger partial charge in [0.1, 0.15) is 11.5 Å². The number of carboxylic acid groups (broad SMARTS) is 1. The van der Waals surface area contributed by atoms with Crippen molar-refractivity contribution in [3.05, 3.63) is 23.3 Å². The Kier molecular flexibility index (Phi) is 2.41. The number of phenols is 1. The van der Waals surface area contributed by atoms with Gasteiger partial charge in [-0.2, -0.15) is 0 Å². The number of benzene rings is 1. The second-order valence-corrected chi connectivity index (χ2v) is 2.78. The average Bonchev–Trinajstić information content (AvgIpc) is 1.98. The predicted octanol–water partition coefficient (Wildman–Crippen LogP) is 2.07. The minimum absolute atomic E-state index is 0.0382. The van der Waals surface area contributed by atoms with Gasteiger partial charge in [0.05, 0.1) is 0 Å². The first-order chi connectivity index (χ1) is 6.00. The summed E-state index contributed by atoms with van der Waals surface area (Å²) in [5.74, 6) is 0.209. The quantitative estimate of drug-likeness (QED) is 0.515. The smallest absolute Gasteiger partial charge is 0.508 e. The van der Waals surface area contributed by atoms with Crippen molar-refractivity contribution in [2.24, 2.45) is 0 Å². The molecule has 0 atom stereocenters. The molecule has 0 fully saturated rings. The molecule has 4 nitrogen and oxygen atoms in total. The highest BCUT2D eigenvalue weighted by Gasteiger charge is 2.08. The highest BCUT2D eigenvalue weighted by molar-refractivity contribution is 5.63. The summed E-state index contributed by atoms with van der Waals surface area (Å²) in [5.41, 5.74) is 1.17. The third-order valence-corrected chi connectivity index (χ3v) is 1.67. The number of aryl methyl sites for hydroxylation is 1. The van der Waals surface area contributed by atoms with Gasteiger partial charge >= 0.3 is 6.16 Å². The molecule has 0 aliphatic rings. The SMILES string of the molecule is Cc1cc(O)c(C)c(OC(=O)O)c1. The molecule has 13 heavy (non-hydrogen) atoms. The molecule has 2 N–H and O–H groups in total. The molecule has 0 radical (unpaired) electrons. The number of rotatable bonds is 1. The van der Waals surface area contributed by atoms with E-state index in [1.165, 1.54) is 0 Å². The molecule has 4 heteroatoms. The van der Waals surface area contributed by atoms with E-state index in [0.29, 0.717) is 5.56 Å². The van der Waals surface area contributed by atoms with Crippen LogP contribution in [0.25, 0.3) is 0 Å². The molecule has 0 heterocycles. The number of ether oxygens (including phenoxy) is 1. The Morgan fingerprint density at radius 1 is 1.38 bits per heavy atom. The Labute approximate surface area is 75.4 Å². The molecular formula is C9H10O4. The van der Waals surface area contributed by atoms with E-state index in [0.717, 1.165) is 5.56 Å². The first kappa shape index (κ1) is 9.38. The van der Waals surface area contributed by atoms with Crippen molar-refractivity contribution in [2.45, 2.75) is 13.8 Å². The van der Waals surface area contributed by atoms with E-state index in [9.17, 15) is 9.90 Å². The molecule has 1 aromatic rings. The van der Waals surface area contributed by atoms with Gasteiger partial charge in [0, 0.05) is 5.56 Å². The number of hydrogen-bond acceptors (Lipinski definition) is 3. The predicted molar refractivity (Wildman–Crippen MR) is 46.2 cm³/mol. The molecule has 0 saturated heterocycles. The summed E-state index contributed by atoms with van der Waals surface area (Å²) in [6, 6.07) is 3.10. The molecule has 0 aliphatic carbocycles. The van der Waals surface area contributed by atoms with E-state index < -0.39 is 6.16 Å². The number of hydrogen-bond donors (Lipinski definition) is 2. The zero-order valence-corrected chi connectivity index (χ0v) is 7.37. The Bertz CT molecular complexity index is 344. The molecule has 0 unspecified atom stereocenters. The van der Waals surface area contributed by atoms with Gasteiger partial charge in [-0.05, 0) is 31.5 Å². The van der Waals surface area contributed by atoms with Crippen molar-refractivity contribution in [1.29, 1.82) is 0 Å². The topological polar surface area (TPSA) is 66.8 Å². The fourth-order valence-electron chi connectivity index (χ4n) is 1.01. The zero-order valence-electron chi connectivity index (χ0n) is 7.37. The maximum atomic E-state index is 10.2. The van der Waals surface area contributed by atoms with E-state index in [1.54, 1.807) is 26.0 Å². The van der Waals surface area contributed by atoms with Gasteiger partial charge in [0.25, 0.3) is 0 Å². The van der Waals surface area contributed by atoms with Crippen molar-refractivity contribution in [1.82, 2.24) is 0 Å². The first-order valence-electron chi connectivity index (χ1n) is 3.71. The zero-order chi connectivity index (χ0) is 10.0. The van der Waals surface area contributed by atoms with Crippen LogP contribution in [0.15, 0.2) is 12.1 Å². The van der Waals surface area contributed by atoms with Crippen LogP contribution < -0.4 is 4.74 Å². The van der Waals surface area contributed by atoms with Crippen molar-refractivity contribution in [2.75, 3.05) is 0 Å². The maximum Gasteiger partial charge on any atom is 0.511 e. The summed E-state index contributed by atoms with van der Waals surface area (Å²) < 4.78 is 4.46. The van der Waals surface area contributed by atoms with E-state index in [2.05, 4.69) is 4.74 Å². The summed E-state index contributed by atoms with van der Waals surface area (Å²) in [5, 5.41) is 17.7. The van der Waals surface area contributed by atoms with Crippen LogP contribution in [0.5, 0.6) is 11.5 Å². The van der Waals surface area contributed by atoms with Crippen LogP contribution in [0, 0.1) is 13.8 Å². The summed E-state index contributed by atoms with van der Waals surface area (Å²) in [6.45, 7) is 3.33. The highest BCUT2D eigenvalue weighted by atomic mass is 16.7. The average molecular weight is 182 g/mol. The molecule has 70 valence electrons. The number of carbonyl (C=O) groups is 1. The third-order valence-electron chi connectivity index (χ3n) is 1.67. The van der Waals surface area contributed by atoms with Gasteiger partial charge in [0.15, 0.2) is 0 Å². The molecule has 1 aromatic carbocycles. The van der Waals surface area contributed by atoms with Gasteiger partial charge in [-0.15, -0.1) is 0 Å². The van der Waals surface area contributed by atoms with E-state index >= 15 is 0 Å². The van der Waals surface area contributed by atoms with Crippen molar-refractivity contribution in [3.8, 4) is 11.5 Å². The number of aromatic hydroxyl groups is 1. The summed E-state index contributed by atoms with van der Waals surface area (Å²) in [7, 11) is 0. The van der Waals surface area contributed by atoms with E-state index in [4.69, 9.17) is 5.11 Å². The lowest BCUT2D eigenvalue weighted by Crippen LogP contribution is -2.04. The minimum atomic E-state index is -1.38. The number of phenolic OH excluding ortho intramolecular Hbond substituents is 1. The van der Waals surface area contributed by atoms with Gasteiger partial charge < -0.3 is 14.9 Å². The van der Waals surface area contributed by atoms with Gasteiger partial charge in [-0.25, -0.2) is 4.79 Å². The maximum absolute atomic E-state index is 10.2. The summed E-state index contributed by atoms with van der Waals surface area (Å²) in [6.07, 6.45) is -1.38. The Morgan fingerprint density at radius 3 is 2.54 bits per heavy atom. The molecule has 0 spiro atoms. The molecule has 0 aliphatic heterocycles. The fraction of sp³-hybridized carbons (Fsp3) is 0.222. The van der Waals surface area contributed by atoms with Crippen LogP contribution in [0.1, 0.15) is 11.1 Å². The lowest BCUT2D eigenvalue weighted by atomic mass is 10.1. The summed E-state index contributed by atoms with van der Waals surface area (Å²) in [4.78, 5) is 10.2. The van der Waals surface area contributed by atoms with E-state index in [-0.39, 0.29) is 11.5 Å². The third kappa shape index (κ3) is 2.11. The normalized spacial score (nSPS) is 9.69. The van der Waals surface area contributed by atoms with Crippen LogP contribution >= 0.6 is 0 Å². The lowest BCUT2D eigenvalue weighted by Gasteiger charge is -2.06. The molecular weight excluding hydrogens is 172 g/mol. The van der Waals surface area contributed by atoms with Crippen LogP contribution in [-0.2, 0) is 0 Å². The van der Waals surface area contributed by atoms with Crippen LogP contribution in [-0.4, -0.2) is 16.4 Å². The molecule has 1 rings (SSSR count). The van der Waals surface area contributed by atoms with Gasteiger partial charge in [-0.3, -0.25) is 0 Å². The molecule has 0 amide bonds. The monoisotopic (exact) mass is 182 g/mol. The van der Waals surface area contributed by atoms with Crippen molar-refractivity contribution < 1.29 is 19.7 Å². The molecule has 0 saturated carbocycles. The molecule has 0 aromatic heterocycles. The lowest BCUT2D eigenvalue weighted by molar-refractivity contribution is 0.144. The second kappa shape index (κ2) is 3.35. The Morgan fingerprint density at radius 2 is 2.00 bits per heavy atom. The second-order valence-electron chi connectivity index (χ2n) is 2.78. The van der Waals surface area contributed by atoms with Crippen LogP contribution in [0.2, 0.25) is 0 Å². The van der Waals surface area contributed by atoms with Gasteiger partial charge in [-0.1, -0.05) is 0 Å². The largest absolute Gasteiger partial charge is 0.511 e. The summed E-state index contributed by atoms with van der Waals surface area (Å²) >= 11 is 0. The highest BCUT2D eigenvalue weighted by Crippen LogP contribution is 2.28. The molecule has 0 bridgehead atoms.